The van der Waals surface area contributed by atoms with Crippen molar-refractivity contribution in [2.24, 2.45) is 0 Å². The van der Waals surface area contributed by atoms with E-state index in [-0.39, 0.29) is 0 Å². The van der Waals surface area contributed by atoms with Gasteiger partial charge in [-0.3, -0.25) is 0 Å². The van der Waals surface area contributed by atoms with Crippen LogP contribution < -0.4 is 5.32 Å². The smallest absolute Gasteiger partial charge is 0.207 e. The molecule has 0 saturated carbocycles. The van der Waals surface area contributed by atoms with Gasteiger partial charge in [-0.15, -0.1) is 11.8 Å². The average Bonchev–Trinajstić information content (AvgIpc) is 2.74. The minimum Gasteiger partial charge on any atom is -0.329 e. The number of benzene rings is 1. The third-order valence-electron chi connectivity index (χ3n) is 2.13. The molecular formula is C11H10N4S2. The molecule has 0 fully saturated rings. The van der Waals surface area contributed by atoms with Gasteiger partial charge in [-0.2, -0.15) is 9.64 Å². The van der Waals surface area contributed by atoms with Crippen LogP contribution in [0.1, 0.15) is 11.4 Å². The van der Waals surface area contributed by atoms with E-state index in [1.807, 2.05) is 31.4 Å². The molecule has 0 aliphatic heterocycles. The summed E-state index contributed by atoms with van der Waals surface area (Å²) in [5.41, 5.74) is 1.42. The first-order valence-corrected chi connectivity index (χ1v) is 6.89. The van der Waals surface area contributed by atoms with E-state index >= 15 is 0 Å². The fourth-order valence-corrected chi connectivity index (χ4v) is 2.55. The third-order valence-corrected chi connectivity index (χ3v) is 3.63. The molecule has 0 amide bonds. The van der Waals surface area contributed by atoms with Crippen LogP contribution in [0.4, 0.5) is 10.8 Å². The largest absolute Gasteiger partial charge is 0.329 e. The lowest BCUT2D eigenvalue weighted by Crippen LogP contribution is -1.94. The van der Waals surface area contributed by atoms with Crippen LogP contribution in [0.3, 0.4) is 0 Å². The summed E-state index contributed by atoms with van der Waals surface area (Å²) in [7, 11) is 0. The minimum atomic E-state index is 0.646. The predicted molar refractivity (Wildman–Crippen MR) is 70.9 cm³/mol. The van der Waals surface area contributed by atoms with Crippen molar-refractivity contribution in [2.45, 2.75) is 11.8 Å². The molecule has 1 aromatic carbocycles. The molecule has 0 aliphatic rings. The number of nitrogens with one attached hydrogen (secondary N) is 1. The highest BCUT2D eigenvalue weighted by Crippen LogP contribution is 2.28. The Balaban J connectivity index is 2.36. The third kappa shape index (κ3) is 2.57. The van der Waals surface area contributed by atoms with Gasteiger partial charge >= 0.3 is 0 Å². The Morgan fingerprint density at radius 2 is 2.29 bits per heavy atom. The van der Waals surface area contributed by atoms with Gasteiger partial charge in [0.2, 0.25) is 5.13 Å². The summed E-state index contributed by atoms with van der Waals surface area (Å²) in [5, 5.41) is 13.0. The molecule has 0 bridgehead atoms. The summed E-state index contributed by atoms with van der Waals surface area (Å²) >= 11 is 2.84. The fraction of sp³-hybridized carbons (Fsp3) is 0.182. The van der Waals surface area contributed by atoms with Crippen molar-refractivity contribution in [3.63, 3.8) is 0 Å². The molecule has 0 unspecified atom stereocenters. The van der Waals surface area contributed by atoms with Crippen LogP contribution in [0, 0.1) is 18.3 Å². The molecule has 4 nitrogen and oxygen atoms in total. The van der Waals surface area contributed by atoms with Gasteiger partial charge < -0.3 is 5.32 Å². The van der Waals surface area contributed by atoms with E-state index in [0.29, 0.717) is 10.7 Å². The predicted octanol–water partition coefficient (Wildman–Crippen LogP) is 3.18. The second kappa shape index (κ2) is 5.17. The SMILES string of the molecule is CSc1cccc(Nc2nc(C)ns2)c1C#N. The summed E-state index contributed by atoms with van der Waals surface area (Å²) in [6.07, 6.45) is 1.95. The first kappa shape index (κ1) is 11.9. The highest BCUT2D eigenvalue weighted by molar-refractivity contribution is 7.98. The van der Waals surface area contributed by atoms with E-state index in [1.165, 1.54) is 11.5 Å². The maximum absolute atomic E-state index is 9.18. The molecule has 0 saturated heterocycles. The fourth-order valence-electron chi connectivity index (χ4n) is 1.38. The lowest BCUT2D eigenvalue weighted by atomic mass is 10.2. The Hall–Kier alpha value is -1.58. The molecule has 2 rings (SSSR count). The molecule has 1 aromatic heterocycles. The molecule has 17 heavy (non-hydrogen) atoms. The highest BCUT2D eigenvalue weighted by atomic mass is 32.2. The summed E-state index contributed by atoms with van der Waals surface area (Å²) in [5.74, 6) is 0.733. The van der Waals surface area contributed by atoms with E-state index in [0.717, 1.165) is 16.4 Å². The van der Waals surface area contributed by atoms with Crippen LogP contribution >= 0.6 is 23.3 Å². The van der Waals surface area contributed by atoms with Gasteiger partial charge in [0.25, 0.3) is 0 Å². The number of thioether (sulfide) groups is 1. The highest BCUT2D eigenvalue weighted by Gasteiger charge is 2.09. The van der Waals surface area contributed by atoms with Gasteiger partial charge in [0, 0.05) is 16.4 Å². The molecule has 0 radical (unpaired) electrons. The van der Waals surface area contributed by atoms with Gasteiger partial charge in [-0.05, 0) is 25.3 Å². The van der Waals surface area contributed by atoms with Crippen molar-refractivity contribution in [2.75, 3.05) is 11.6 Å². The number of nitrogens with zero attached hydrogens (tertiary/aromatic N) is 3. The van der Waals surface area contributed by atoms with E-state index in [1.54, 1.807) is 11.8 Å². The van der Waals surface area contributed by atoms with Crippen LogP contribution in [0.2, 0.25) is 0 Å². The lowest BCUT2D eigenvalue weighted by Gasteiger charge is -2.07. The van der Waals surface area contributed by atoms with Crippen LogP contribution in [0.5, 0.6) is 0 Å². The molecule has 1 N–H and O–H groups in total. The number of anilines is 2. The van der Waals surface area contributed by atoms with Crippen molar-refractivity contribution < 1.29 is 0 Å². The van der Waals surface area contributed by atoms with Crippen molar-refractivity contribution >= 4 is 34.1 Å². The molecular weight excluding hydrogens is 252 g/mol. The van der Waals surface area contributed by atoms with Gasteiger partial charge in [0.1, 0.15) is 11.9 Å². The summed E-state index contributed by atoms with van der Waals surface area (Å²) in [4.78, 5) is 5.17. The normalized spacial score (nSPS) is 9.94. The van der Waals surface area contributed by atoms with Crippen molar-refractivity contribution in [1.82, 2.24) is 9.36 Å². The van der Waals surface area contributed by atoms with Gasteiger partial charge in [-0.1, -0.05) is 6.07 Å². The maximum Gasteiger partial charge on any atom is 0.207 e. The average molecular weight is 262 g/mol. The molecule has 0 atom stereocenters. The Kier molecular flexibility index (Phi) is 3.61. The quantitative estimate of drug-likeness (QED) is 0.861. The molecule has 0 aliphatic carbocycles. The standard InChI is InChI=1S/C11H10N4S2/c1-7-13-11(17-15-7)14-9-4-3-5-10(16-2)8(9)6-12/h3-5H,1-2H3,(H,13,14,15). The van der Waals surface area contributed by atoms with Crippen molar-refractivity contribution in [3.8, 4) is 6.07 Å². The van der Waals surface area contributed by atoms with Crippen LogP contribution in [-0.2, 0) is 0 Å². The number of rotatable bonds is 3. The minimum absolute atomic E-state index is 0.646. The number of hydrogen-bond donors (Lipinski definition) is 1. The molecule has 1 heterocycles. The summed E-state index contributed by atoms with van der Waals surface area (Å²) < 4.78 is 4.09. The summed E-state index contributed by atoms with van der Waals surface area (Å²) in [6, 6.07) is 7.94. The van der Waals surface area contributed by atoms with Crippen LogP contribution in [-0.4, -0.2) is 15.6 Å². The van der Waals surface area contributed by atoms with E-state index in [4.69, 9.17) is 0 Å². The Labute approximate surface area is 108 Å². The first-order valence-electron chi connectivity index (χ1n) is 4.89. The Morgan fingerprint density at radius 3 is 2.88 bits per heavy atom. The monoisotopic (exact) mass is 262 g/mol. The van der Waals surface area contributed by atoms with Crippen molar-refractivity contribution in [1.29, 1.82) is 5.26 Å². The zero-order valence-electron chi connectivity index (χ0n) is 9.39. The van der Waals surface area contributed by atoms with E-state index < -0.39 is 0 Å². The molecule has 86 valence electrons. The molecule has 6 heteroatoms. The Bertz CT molecular complexity index is 571. The number of hydrogen-bond acceptors (Lipinski definition) is 6. The van der Waals surface area contributed by atoms with E-state index in [9.17, 15) is 5.26 Å². The molecule has 0 spiro atoms. The zero-order chi connectivity index (χ0) is 12.3. The van der Waals surface area contributed by atoms with Gasteiger partial charge in [0.15, 0.2) is 0 Å². The number of nitriles is 1. The maximum atomic E-state index is 9.18. The second-order valence-electron chi connectivity index (χ2n) is 3.27. The van der Waals surface area contributed by atoms with Gasteiger partial charge in [-0.25, -0.2) is 4.98 Å². The Morgan fingerprint density at radius 1 is 1.47 bits per heavy atom. The van der Waals surface area contributed by atoms with E-state index in [2.05, 4.69) is 20.7 Å². The van der Waals surface area contributed by atoms with Crippen LogP contribution in [0.25, 0.3) is 0 Å². The lowest BCUT2D eigenvalue weighted by molar-refractivity contribution is 1.16. The first-order chi connectivity index (χ1) is 8.24. The van der Waals surface area contributed by atoms with Crippen molar-refractivity contribution in [3.05, 3.63) is 29.6 Å². The number of aromatic nitrogens is 2. The second-order valence-corrected chi connectivity index (χ2v) is 4.87. The molecule has 2 aromatic rings. The van der Waals surface area contributed by atoms with Gasteiger partial charge in [0.05, 0.1) is 11.3 Å². The zero-order valence-corrected chi connectivity index (χ0v) is 11.0. The van der Waals surface area contributed by atoms with Crippen LogP contribution in [0.15, 0.2) is 23.1 Å². The summed E-state index contributed by atoms with van der Waals surface area (Å²) in [6.45, 7) is 1.84. The number of aryl methyl sites for hydroxylation is 1. The topological polar surface area (TPSA) is 61.6 Å².